The minimum atomic E-state index is -0.275. The van der Waals surface area contributed by atoms with Crippen LogP contribution in [0.3, 0.4) is 0 Å². The molecule has 4 heterocycles. The number of thiocarbonyl (C=S) groups is 1. The van der Waals surface area contributed by atoms with Crippen LogP contribution < -0.4 is 15.8 Å². The molecule has 2 aliphatic heterocycles. The van der Waals surface area contributed by atoms with Crippen molar-refractivity contribution in [3.8, 4) is 0 Å². The van der Waals surface area contributed by atoms with Crippen LogP contribution in [0.4, 0.5) is 5.82 Å². The van der Waals surface area contributed by atoms with E-state index in [1.807, 2.05) is 19.1 Å². The van der Waals surface area contributed by atoms with Gasteiger partial charge < -0.3 is 15.1 Å². The number of aryl methyl sites for hydroxylation is 1. The van der Waals surface area contributed by atoms with E-state index in [1.165, 1.54) is 16.2 Å². The maximum atomic E-state index is 13.3. The Bertz CT molecular complexity index is 1040. The molecule has 0 aliphatic carbocycles. The number of thioether (sulfide) groups is 1. The number of nitrogens with one attached hydrogen (secondary N) is 1. The maximum Gasteiger partial charge on any atom is 0.267 e. The molecule has 9 heteroatoms. The summed E-state index contributed by atoms with van der Waals surface area (Å²) in [5.74, 6) is 0.351. The smallest absolute Gasteiger partial charge is 0.267 e. The zero-order chi connectivity index (χ0) is 19.1. The predicted octanol–water partition coefficient (Wildman–Crippen LogP) is 1.24. The van der Waals surface area contributed by atoms with Crippen molar-refractivity contribution in [3.05, 3.63) is 44.7 Å². The van der Waals surface area contributed by atoms with E-state index in [0.717, 1.165) is 31.7 Å². The van der Waals surface area contributed by atoms with E-state index in [1.54, 1.807) is 12.3 Å². The van der Waals surface area contributed by atoms with Gasteiger partial charge in [0.2, 0.25) is 0 Å². The molecule has 140 valence electrons. The Morgan fingerprint density at radius 3 is 2.67 bits per heavy atom. The summed E-state index contributed by atoms with van der Waals surface area (Å²) >= 11 is 6.23. The van der Waals surface area contributed by atoms with Crippen molar-refractivity contribution in [2.75, 3.05) is 38.1 Å². The molecule has 2 aliphatic rings. The molecule has 0 saturated carbocycles. The van der Waals surface area contributed by atoms with Crippen molar-refractivity contribution in [2.45, 2.75) is 6.92 Å². The highest BCUT2D eigenvalue weighted by Gasteiger charge is 2.26. The summed E-state index contributed by atoms with van der Waals surface area (Å²) in [4.78, 5) is 35.0. The van der Waals surface area contributed by atoms with Gasteiger partial charge in [-0.3, -0.25) is 14.0 Å². The minimum absolute atomic E-state index is 0.184. The number of hydrogen-bond donors (Lipinski definition) is 1. The molecule has 1 N–H and O–H groups in total. The van der Waals surface area contributed by atoms with E-state index in [0.29, 0.717) is 26.3 Å². The average molecular weight is 402 g/mol. The Morgan fingerprint density at radius 2 is 2.00 bits per heavy atom. The molecule has 7 nitrogen and oxygen atoms in total. The second-order valence-corrected chi connectivity index (χ2v) is 8.40. The lowest BCUT2D eigenvalue weighted by atomic mass is 10.2. The van der Waals surface area contributed by atoms with Gasteiger partial charge in [0.15, 0.2) is 0 Å². The highest BCUT2D eigenvalue weighted by molar-refractivity contribution is 8.26. The fourth-order valence-corrected chi connectivity index (χ4v) is 4.26. The van der Waals surface area contributed by atoms with Crippen LogP contribution in [0, 0.1) is 6.92 Å². The summed E-state index contributed by atoms with van der Waals surface area (Å²) in [6.45, 7) is 5.28. The van der Waals surface area contributed by atoms with Crippen molar-refractivity contribution < 1.29 is 4.79 Å². The molecule has 4 rings (SSSR count). The van der Waals surface area contributed by atoms with Crippen LogP contribution in [0.15, 0.2) is 28.0 Å². The number of carbonyl (C=O) groups excluding carboxylic acids is 1. The third-order valence-electron chi connectivity index (χ3n) is 4.78. The molecule has 2 fully saturated rings. The van der Waals surface area contributed by atoms with Crippen molar-refractivity contribution in [1.82, 2.24) is 19.6 Å². The minimum Gasteiger partial charge on any atom is -0.353 e. The first-order valence-electron chi connectivity index (χ1n) is 8.64. The fraction of sp³-hybridized carbons (Fsp3) is 0.333. The highest BCUT2D eigenvalue weighted by atomic mass is 32.2. The third kappa shape index (κ3) is 3.38. The predicted molar refractivity (Wildman–Crippen MR) is 112 cm³/mol. The molecule has 0 spiro atoms. The number of pyridine rings is 1. The maximum absolute atomic E-state index is 13.3. The number of anilines is 1. The Balaban J connectivity index is 1.92. The monoisotopic (exact) mass is 401 g/mol. The van der Waals surface area contributed by atoms with E-state index in [9.17, 15) is 9.59 Å². The lowest BCUT2D eigenvalue weighted by molar-refractivity contribution is -0.115. The summed E-state index contributed by atoms with van der Waals surface area (Å²) in [6, 6.07) is 3.76. The quantitative estimate of drug-likeness (QED) is 0.600. The van der Waals surface area contributed by atoms with Crippen LogP contribution in [0.25, 0.3) is 11.7 Å². The lowest BCUT2D eigenvalue weighted by Crippen LogP contribution is -2.45. The van der Waals surface area contributed by atoms with Gasteiger partial charge in [-0.15, -0.1) is 0 Å². The van der Waals surface area contributed by atoms with Crippen molar-refractivity contribution >= 4 is 51.7 Å². The SMILES string of the molecule is Cc1cccn2c(=O)c(/C=C3\SC(=S)NC3=O)c(N3CCN(C)CC3)nc12. The molecule has 0 unspecified atom stereocenters. The van der Waals surface area contributed by atoms with Crippen LogP contribution in [-0.4, -0.2) is 57.7 Å². The van der Waals surface area contributed by atoms with Gasteiger partial charge in [-0.25, -0.2) is 4.98 Å². The van der Waals surface area contributed by atoms with Gasteiger partial charge in [0.25, 0.3) is 11.5 Å². The average Bonchev–Trinajstić information content (AvgIpc) is 2.96. The third-order valence-corrected chi connectivity index (χ3v) is 5.95. The van der Waals surface area contributed by atoms with Crippen LogP contribution in [0.1, 0.15) is 11.1 Å². The fourth-order valence-electron chi connectivity index (χ4n) is 3.24. The van der Waals surface area contributed by atoms with Gasteiger partial charge in [-0.2, -0.15) is 0 Å². The number of hydrogen-bond acceptors (Lipinski definition) is 7. The molecule has 2 aromatic heterocycles. The number of amides is 1. The van der Waals surface area contributed by atoms with Gasteiger partial charge in [0.05, 0.1) is 10.5 Å². The van der Waals surface area contributed by atoms with E-state index >= 15 is 0 Å². The highest BCUT2D eigenvalue weighted by Crippen LogP contribution is 2.28. The molecule has 0 radical (unpaired) electrons. The lowest BCUT2D eigenvalue weighted by Gasteiger charge is -2.34. The van der Waals surface area contributed by atoms with Gasteiger partial charge in [0.1, 0.15) is 15.8 Å². The summed E-state index contributed by atoms with van der Waals surface area (Å²) < 4.78 is 1.94. The Morgan fingerprint density at radius 1 is 1.26 bits per heavy atom. The van der Waals surface area contributed by atoms with Crippen molar-refractivity contribution in [2.24, 2.45) is 0 Å². The van der Waals surface area contributed by atoms with E-state index in [2.05, 4.69) is 22.2 Å². The number of rotatable bonds is 2. The number of piperazine rings is 1. The second kappa shape index (κ2) is 7.06. The zero-order valence-electron chi connectivity index (χ0n) is 15.1. The molecule has 2 saturated heterocycles. The normalized spacial score (nSPS) is 19.9. The Labute approximate surface area is 166 Å². The van der Waals surface area contributed by atoms with Crippen LogP contribution in [-0.2, 0) is 4.79 Å². The second-order valence-electron chi connectivity index (χ2n) is 6.68. The first kappa shape index (κ1) is 18.1. The molecule has 0 aromatic carbocycles. The van der Waals surface area contributed by atoms with E-state index < -0.39 is 0 Å². The Kier molecular flexibility index (Phi) is 4.75. The van der Waals surface area contributed by atoms with Gasteiger partial charge in [-0.05, 0) is 31.7 Å². The molecule has 1 amide bonds. The summed E-state index contributed by atoms with van der Waals surface area (Å²) in [7, 11) is 2.08. The first-order valence-corrected chi connectivity index (χ1v) is 9.87. The molecule has 2 aromatic rings. The standard InChI is InChI=1S/C18H19N5O2S2/c1-11-4-3-5-23-14(11)19-15(22-8-6-21(2)7-9-22)12(17(23)25)10-13-16(24)20-18(26)27-13/h3-5,10H,6-9H2,1-2H3,(H,20,24,26)/b13-10-. The van der Waals surface area contributed by atoms with Crippen molar-refractivity contribution in [1.29, 1.82) is 0 Å². The Hall–Kier alpha value is -2.23. The molecule has 0 atom stereocenters. The van der Waals surface area contributed by atoms with E-state index in [4.69, 9.17) is 17.2 Å². The number of carbonyl (C=O) groups is 1. The van der Waals surface area contributed by atoms with Crippen molar-refractivity contribution in [3.63, 3.8) is 0 Å². The van der Waals surface area contributed by atoms with Gasteiger partial charge >= 0.3 is 0 Å². The topological polar surface area (TPSA) is 70.0 Å². The molecular weight excluding hydrogens is 382 g/mol. The summed E-state index contributed by atoms with van der Waals surface area (Å²) in [6.07, 6.45) is 3.33. The summed E-state index contributed by atoms with van der Waals surface area (Å²) in [5, 5.41) is 2.60. The molecular formula is C18H19N5O2S2. The largest absolute Gasteiger partial charge is 0.353 e. The molecule has 0 bridgehead atoms. The van der Waals surface area contributed by atoms with Crippen LogP contribution in [0.5, 0.6) is 0 Å². The van der Waals surface area contributed by atoms with Crippen LogP contribution in [0.2, 0.25) is 0 Å². The first-order chi connectivity index (χ1) is 12.9. The number of nitrogens with zero attached hydrogens (tertiary/aromatic N) is 4. The van der Waals surface area contributed by atoms with E-state index in [-0.39, 0.29) is 11.5 Å². The van der Waals surface area contributed by atoms with Gasteiger partial charge in [-0.1, -0.05) is 30.0 Å². The molecule has 27 heavy (non-hydrogen) atoms. The summed E-state index contributed by atoms with van der Waals surface area (Å²) in [5.41, 5.74) is 1.80. The van der Waals surface area contributed by atoms with Gasteiger partial charge in [0, 0.05) is 32.4 Å². The number of fused-ring (bicyclic) bond motifs is 1. The number of aromatic nitrogens is 2. The zero-order valence-corrected chi connectivity index (χ0v) is 16.7. The number of likely N-dealkylation sites (N-methyl/N-ethyl adjacent to an activating group) is 1. The van der Waals surface area contributed by atoms with Crippen LogP contribution >= 0.6 is 24.0 Å².